The number of anilines is 2. The molecule has 1 atom stereocenters. The monoisotopic (exact) mass is 611 g/mol. The first-order valence-corrected chi connectivity index (χ1v) is 14.6. The Balaban J connectivity index is 0.990. The van der Waals surface area contributed by atoms with Crippen LogP contribution in [0.1, 0.15) is 30.9 Å². The molecule has 3 aliphatic heterocycles. The molecule has 1 spiro atoms. The maximum Gasteiger partial charge on any atom is 0.416 e. The fraction of sp³-hybridized carbons (Fsp3) is 0.536. The molecule has 3 amide bonds. The lowest BCUT2D eigenvalue weighted by Crippen LogP contribution is -2.48. The zero-order valence-electron chi connectivity index (χ0n) is 24.3. The largest absolute Gasteiger partial charge is 0.465 e. The van der Waals surface area contributed by atoms with Gasteiger partial charge in [0, 0.05) is 53.0 Å². The SMILES string of the molecule is CC(=O)N(C)CCn1nnc2c(F)c3c(c(F)c21)CC(CN1CCC2(CC1)CN(c1cnc4c(n1)NC(=O)CO4)C(=O)O2)C3. The third kappa shape index (κ3) is 4.86. The molecule has 3 aromatic rings. The molecule has 2 fully saturated rings. The van der Waals surface area contributed by atoms with Crippen molar-refractivity contribution in [3.63, 3.8) is 0 Å². The van der Waals surface area contributed by atoms with E-state index in [0.717, 1.165) is 0 Å². The van der Waals surface area contributed by atoms with Gasteiger partial charge >= 0.3 is 6.09 Å². The lowest BCUT2D eigenvalue weighted by Gasteiger charge is -2.38. The summed E-state index contributed by atoms with van der Waals surface area (Å²) >= 11 is 0. The summed E-state index contributed by atoms with van der Waals surface area (Å²) in [5, 5.41) is 10.5. The number of amides is 3. The molecule has 0 radical (unpaired) electrons. The van der Waals surface area contributed by atoms with Crippen LogP contribution in [0.2, 0.25) is 0 Å². The highest BCUT2D eigenvalue weighted by molar-refractivity contribution is 5.95. The number of ether oxygens (including phenoxy) is 2. The molecule has 5 heterocycles. The van der Waals surface area contributed by atoms with E-state index in [1.54, 1.807) is 7.05 Å². The van der Waals surface area contributed by atoms with Gasteiger partial charge in [0.15, 0.2) is 35.4 Å². The van der Waals surface area contributed by atoms with Gasteiger partial charge in [0.05, 0.1) is 19.3 Å². The Morgan fingerprint density at radius 2 is 1.93 bits per heavy atom. The Hall–Kier alpha value is -4.47. The smallest absolute Gasteiger partial charge is 0.416 e. The van der Waals surface area contributed by atoms with E-state index in [1.165, 1.54) is 27.6 Å². The minimum Gasteiger partial charge on any atom is -0.465 e. The number of halogens is 2. The van der Waals surface area contributed by atoms with Crippen molar-refractivity contribution >= 4 is 40.6 Å². The quantitative estimate of drug-likeness (QED) is 0.435. The van der Waals surface area contributed by atoms with Gasteiger partial charge in [-0.05, 0) is 29.9 Å². The van der Waals surface area contributed by atoms with Gasteiger partial charge in [-0.15, -0.1) is 5.10 Å². The Bertz CT molecular complexity index is 1690. The number of hydrogen-bond acceptors (Lipinski definition) is 10. The Morgan fingerprint density at radius 1 is 1.18 bits per heavy atom. The van der Waals surface area contributed by atoms with E-state index in [-0.39, 0.29) is 59.4 Å². The van der Waals surface area contributed by atoms with Crippen LogP contribution in [0.5, 0.6) is 5.88 Å². The van der Waals surface area contributed by atoms with E-state index in [0.29, 0.717) is 69.5 Å². The number of likely N-dealkylation sites (tertiary alicyclic amines) is 1. The van der Waals surface area contributed by atoms with Crippen LogP contribution in [-0.4, -0.2) is 105 Å². The molecule has 1 aromatic carbocycles. The van der Waals surface area contributed by atoms with Gasteiger partial charge in [-0.1, -0.05) is 5.21 Å². The van der Waals surface area contributed by atoms with E-state index >= 15 is 8.78 Å². The van der Waals surface area contributed by atoms with Crippen molar-refractivity contribution in [2.24, 2.45) is 5.92 Å². The van der Waals surface area contributed by atoms with Crippen molar-refractivity contribution in [1.29, 1.82) is 0 Å². The molecule has 1 N–H and O–H groups in total. The topological polar surface area (TPSA) is 148 Å². The number of likely N-dealkylation sites (N-methyl/N-ethyl adjacent to an activating group) is 1. The van der Waals surface area contributed by atoms with E-state index in [4.69, 9.17) is 9.47 Å². The number of carbonyl (C=O) groups is 3. The van der Waals surface area contributed by atoms with E-state index in [1.807, 2.05) is 0 Å². The Kier molecular flexibility index (Phi) is 6.82. The van der Waals surface area contributed by atoms with Gasteiger partial charge in [0.25, 0.3) is 11.8 Å². The predicted octanol–water partition coefficient (Wildman–Crippen LogP) is 1.51. The zero-order chi connectivity index (χ0) is 30.7. The lowest BCUT2D eigenvalue weighted by atomic mass is 9.90. The molecule has 0 saturated carbocycles. The van der Waals surface area contributed by atoms with Crippen LogP contribution in [-0.2, 0) is 33.7 Å². The van der Waals surface area contributed by atoms with Gasteiger partial charge in [-0.3, -0.25) is 14.5 Å². The molecule has 7 rings (SSSR count). The normalized spacial score (nSPS) is 20.8. The number of piperidine rings is 1. The molecule has 232 valence electrons. The molecular weight excluding hydrogens is 580 g/mol. The number of benzene rings is 1. The summed E-state index contributed by atoms with van der Waals surface area (Å²) in [5.41, 5.74) is -0.0177. The summed E-state index contributed by atoms with van der Waals surface area (Å²) in [6, 6.07) is 0. The molecule has 2 saturated heterocycles. The van der Waals surface area contributed by atoms with Gasteiger partial charge in [0.2, 0.25) is 5.91 Å². The van der Waals surface area contributed by atoms with Crippen LogP contribution in [0.4, 0.5) is 25.2 Å². The molecule has 14 nitrogen and oxygen atoms in total. The molecule has 0 bridgehead atoms. The molecule has 2 aromatic heterocycles. The summed E-state index contributed by atoms with van der Waals surface area (Å²) in [4.78, 5) is 49.7. The number of carbonyl (C=O) groups excluding carboxylic acids is 3. The Labute approximate surface area is 250 Å². The second-order valence-electron chi connectivity index (χ2n) is 12.0. The fourth-order valence-corrected chi connectivity index (χ4v) is 6.55. The average molecular weight is 612 g/mol. The van der Waals surface area contributed by atoms with Crippen LogP contribution >= 0.6 is 0 Å². The van der Waals surface area contributed by atoms with Crippen molar-refractivity contribution in [3.8, 4) is 5.88 Å². The first kappa shape index (κ1) is 28.3. The first-order chi connectivity index (χ1) is 21.1. The van der Waals surface area contributed by atoms with Crippen molar-refractivity contribution in [2.45, 2.75) is 44.8 Å². The fourth-order valence-electron chi connectivity index (χ4n) is 6.55. The first-order valence-electron chi connectivity index (χ1n) is 14.6. The maximum absolute atomic E-state index is 15.8. The summed E-state index contributed by atoms with van der Waals surface area (Å²) in [5.74, 6) is -0.867. The van der Waals surface area contributed by atoms with Gasteiger partial charge in [-0.25, -0.2) is 28.2 Å². The third-order valence-electron chi connectivity index (χ3n) is 9.07. The van der Waals surface area contributed by atoms with Crippen molar-refractivity contribution in [3.05, 3.63) is 29.0 Å². The molecule has 16 heteroatoms. The van der Waals surface area contributed by atoms with Crippen LogP contribution in [0.3, 0.4) is 0 Å². The van der Waals surface area contributed by atoms with E-state index < -0.39 is 23.3 Å². The minimum atomic E-state index is -0.687. The van der Waals surface area contributed by atoms with Crippen LogP contribution in [0, 0.1) is 17.6 Å². The van der Waals surface area contributed by atoms with Crippen molar-refractivity contribution in [2.75, 3.05) is 56.6 Å². The van der Waals surface area contributed by atoms with Crippen molar-refractivity contribution in [1.82, 2.24) is 34.8 Å². The number of hydrogen-bond donors (Lipinski definition) is 1. The zero-order valence-corrected chi connectivity index (χ0v) is 24.3. The third-order valence-corrected chi connectivity index (χ3v) is 9.07. The lowest BCUT2D eigenvalue weighted by molar-refractivity contribution is -0.127. The minimum absolute atomic E-state index is 0.0191. The van der Waals surface area contributed by atoms with E-state index in [2.05, 4.69) is 30.5 Å². The summed E-state index contributed by atoms with van der Waals surface area (Å²) in [6.07, 6.45) is 2.87. The number of aromatic nitrogens is 5. The molecular formula is C28H31F2N9O5. The highest BCUT2D eigenvalue weighted by atomic mass is 19.1. The van der Waals surface area contributed by atoms with Gasteiger partial charge in [-0.2, -0.15) is 0 Å². The van der Waals surface area contributed by atoms with Crippen molar-refractivity contribution < 1.29 is 32.6 Å². The predicted molar refractivity (Wildman–Crippen MR) is 150 cm³/mol. The van der Waals surface area contributed by atoms with Crippen LogP contribution < -0.4 is 15.0 Å². The summed E-state index contributed by atoms with van der Waals surface area (Å²) < 4.78 is 43.7. The Morgan fingerprint density at radius 3 is 2.68 bits per heavy atom. The van der Waals surface area contributed by atoms with Gasteiger partial charge in [0.1, 0.15) is 11.1 Å². The summed E-state index contributed by atoms with van der Waals surface area (Å²) in [6.45, 7) is 4.05. The second kappa shape index (κ2) is 10.6. The van der Waals surface area contributed by atoms with Gasteiger partial charge < -0.3 is 24.6 Å². The van der Waals surface area contributed by atoms with E-state index in [9.17, 15) is 14.4 Å². The van der Waals surface area contributed by atoms with Crippen LogP contribution in [0.25, 0.3) is 11.0 Å². The highest BCUT2D eigenvalue weighted by Gasteiger charge is 2.48. The number of nitrogens with zero attached hydrogens (tertiary/aromatic N) is 8. The highest BCUT2D eigenvalue weighted by Crippen LogP contribution is 2.39. The second-order valence-corrected chi connectivity index (χ2v) is 12.0. The molecule has 1 unspecified atom stereocenters. The molecule has 1 aliphatic carbocycles. The molecule has 4 aliphatic rings. The molecule has 44 heavy (non-hydrogen) atoms. The summed E-state index contributed by atoms with van der Waals surface area (Å²) in [7, 11) is 1.64. The van der Waals surface area contributed by atoms with Crippen LogP contribution in [0.15, 0.2) is 6.20 Å². The average Bonchev–Trinajstić information content (AvgIpc) is 3.71. The number of rotatable bonds is 6. The maximum atomic E-state index is 15.8. The standard InChI is InChI=1S/C28H31F2N9O5/c1-15(40)36(2)7-8-39-24-22(30)18-10-16(9-17(18)21(29)23(24)34-35-39)12-37-5-3-28(4-6-37)14-38(27(42)44-28)19-11-31-26-25(32-19)33-20(41)13-43-26/h11,16H,3-10,12-14H2,1-2H3,(H,32,33,41). The number of fused-ring (bicyclic) bond motifs is 3. The number of nitrogens with one attached hydrogen (secondary N) is 1.